The Morgan fingerprint density at radius 3 is 2.56 bits per heavy atom. The van der Waals surface area contributed by atoms with Crippen LogP contribution < -0.4 is 14.5 Å². The zero-order valence-corrected chi connectivity index (χ0v) is 14.1. The second kappa shape index (κ2) is 6.24. The van der Waals surface area contributed by atoms with E-state index in [1.807, 2.05) is 18.2 Å². The number of para-hydroxylation sites is 1. The van der Waals surface area contributed by atoms with E-state index >= 15 is 0 Å². The molecule has 2 aliphatic rings. The molecule has 25 heavy (non-hydrogen) atoms. The Balaban J connectivity index is 1.63. The number of ether oxygens (including phenoxy) is 1. The predicted octanol–water partition coefficient (Wildman–Crippen LogP) is 2.78. The first-order chi connectivity index (χ1) is 12.2. The van der Waals surface area contributed by atoms with Gasteiger partial charge in [-0.1, -0.05) is 18.2 Å². The molecule has 1 saturated heterocycles. The molecule has 4 rings (SSSR count). The van der Waals surface area contributed by atoms with Crippen molar-refractivity contribution < 1.29 is 14.3 Å². The lowest BCUT2D eigenvalue weighted by Gasteiger charge is -2.34. The highest BCUT2D eigenvalue weighted by atomic mass is 16.5. The fourth-order valence-corrected chi connectivity index (χ4v) is 3.75. The van der Waals surface area contributed by atoms with Gasteiger partial charge in [0.15, 0.2) is 0 Å². The van der Waals surface area contributed by atoms with Crippen LogP contribution in [0.15, 0.2) is 48.5 Å². The van der Waals surface area contributed by atoms with Gasteiger partial charge in [-0.2, -0.15) is 0 Å². The van der Waals surface area contributed by atoms with Gasteiger partial charge in [-0.25, -0.2) is 4.90 Å². The van der Waals surface area contributed by atoms with Crippen molar-refractivity contribution in [3.63, 3.8) is 0 Å². The maximum atomic E-state index is 13.0. The molecule has 1 fully saturated rings. The Kier molecular flexibility index (Phi) is 3.92. The summed E-state index contributed by atoms with van der Waals surface area (Å²) in [5.74, 6) is 0.402. The third-order valence-corrected chi connectivity index (χ3v) is 4.98. The Hall–Kier alpha value is -2.82. The van der Waals surface area contributed by atoms with Crippen molar-refractivity contribution in [2.75, 3.05) is 23.5 Å². The van der Waals surface area contributed by atoms with Gasteiger partial charge < -0.3 is 9.64 Å². The van der Waals surface area contributed by atoms with Crippen molar-refractivity contribution in [1.29, 1.82) is 0 Å². The smallest absolute Gasteiger partial charge is 0.256 e. The average molecular weight is 336 g/mol. The highest BCUT2D eigenvalue weighted by molar-refractivity contribution is 6.23. The molecule has 0 N–H and O–H groups in total. The molecule has 5 heteroatoms. The van der Waals surface area contributed by atoms with E-state index in [9.17, 15) is 9.59 Å². The Morgan fingerprint density at radius 2 is 1.80 bits per heavy atom. The number of methoxy groups -OCH3 is 1. The van der Waals surface area contributed by atoms with Gasteiger partial charge in [0.1, 0.15) is 11.8 Å². The average Bonchev–Trinajstić information content (AvgIpc) is 2.95. The maximum absolute atomic E-state index is 13.0. The van der Waals surface area contributed by atoms with E-state index < -0.39 is 6.04 Å². The van der Waals surface area contributed by atoms with Crippen molar-refractivity contribution in [2.45, 2.75) is 25.3 Å². The van der Waals surface area contributed by atoms with E-state index in [1.54, 1.807) is 31.4 Å². The summed E-state index contributed by atoms with van der Waals surface area (Å²) < 4.78 is 5.14. The molecular formula is C20H20N2O3. The zero-order chi connectivity index (χ0) is 17.4. The van der Waals surface area contributed by atoms with Gasteiger partial charge in [0.25, 0.3) is 5.91 Å². The molecular weight excluding hydrogens is 316 g/mol. The zero-order valence-electron chi connectivity index (χ0n) is 14.1. The molecule has 2 aromatic rings. The summed E-state index contributed by atoms with van der Waals surface area (Å²) >= 11 is 0. The fraction of sp³-hybridized carbons (Fsp3) is 0.300. The molecule has 0 saturated carbocycles. The quantitative estimate of drug-likeness (QED) is 0.809. The van der Waals surface area contributed by atoms with Gasteiger partial charge in [0, 0.05) is 12.2 Å². The van der Waals surface area contributed by atoms with E-state index in [2.05, 4.69) is 11.0 Å². The number of nitrogens with zero attached hydrogens (tertiary/aromatic N) is 2. The van der Waals surface area contributed by atoms with E-state index in [-0.39, 0.29) is 18.2 Å². The van der Waals surface area contributed by atoms with Crippen molar-refractivity contribution in [3.8, 4) is 5.75 Å². The van der Waals surface area contributed by atoms with E-state index in [4.69, 9.17) is 4.74 Å². The molecule has 2 aliphatic heterocycles. The van der Waals surface area contributed by atoms with Gasteiger partial charge in [-0.3, -0.25) is 9.59 Å². The van der Waals surface area contributed by atoms with Crippen LogP contribution in [-0.2, 0) is 16.0 Å². The molecule has 5 nitrogen and oxygen atoms in total. The molecule has 0 bridgehead atoms. The van der Waals surface area contributed by atoms with Crippen LogP contribution in [0.25, 0.3) is 0 Å². The van der Waals surface area contributed by atoms with E-state index in [0.29, 0.717) is 11.4 Å². The van der Waals surface area contributed by atoms with Crippen LogP contribution in [0.4, 0.5) is 11.4 Å². The van der Waals surface area contributed by atoms with E-state index in [1.165, 1.54) is 10.5 Å². The Labute approximate surface area is 146 Å². The molecule has 2 aromatic carbocycles. The maximum Gasteiger partial charge on any atom is 0.256 e. The highest BCUT2D eigenvalue weighted by Crippen LogP contribution is 2.34. The number of hydrogen-bond acceptors (Lipinski definition) is 4. The molecule has 2 amide bonds. The number of carbonyl (C=O) groups is 2. The number of fused-ring (bicyclic) bond motifs is 1. The number of anilines is 2. The van der Waals surface area contributed by atoms with Crippen molar-refractivity contribution in [3.05, 3.63) is 54.1 Å². The fourth-order valence-electron chi connectivity index (χ4n) is 3.75. The molecule has 0 aromatic heterocycles. The monoisotopic (exact) mass is 336 g/mol. The molecule has 0 radical (unpaired) electrons. The summed E-state index contributed by atoms with van der Waals surface area (Å²) in [6.45, 7) is 0.803. The number of hydrogen-bond donors (Lipinski definition) is 0. The van der Waals surface area contributed by atoms with Crippen molar-refractivity contribution in [2.24, 2.45) is 0 Å². The summed E-state index contributed by atoms with van der Waals surface area (Å²) in [7, 11) is 1.59. The van der Waals surface area contributed by atoms with E-state index in [0.717, 1.165) is 25.1 Å². The number of aryl methyl sites for hydroxylation is 1. The van der Waals surface area contributed by atoms with Gasteiger partial charge >= 0.3 is 0 Å². The number of rotatable bonds is 3. The van der Waals surface area contributed by atoms with Crippen LogP contribution in [0.2, 0.25) is 0 Å². The molecule has 1 unspecified atom stereocenters. The Bertz CT molecular complexity index is 816. The number of carbonyl (C=O) groups excluding carboxylic acids is 2. The second-order valence-electron chi connectivity index (χ2n) is 6.41. The first-order valence-corrected chi connectivity index (χ1v) is 8.54. The minimum atomic E-state index is -0.420. The van der Waals surface area contributed by atoms with Gasteiger partial charge in [-0.05, 0) is 48.7 Å². The minimum Gasteiger partial charge on any atom is -0.497 e. The normalized spacial score (nSPS) is 20.0. The topological polar surface area (TPSA) is 49.9 Å². The number of benzene rings is 2. The van der Waals surface area contributed by atoms with Crippen LogP contribution in [-0.4, -0.2) is 31.5 Å². The third-order valence-electron chi connectivity index (χ3n) is 4.98. The first-order valence-electron chi connectivity index (χ1n) is 8.54. The summed E-state index contributed by atoms with van der Waals surface area (Å²) in [6, 6.07) is 14.8. The highest BCUT2D eigenvalue weighted by Gasteiger charge is 2.43. The van der Waals surface area contributed by atoms with Gasteiger partial charge in [-0.15, -0.1) is 0 Å². The van der Waals surface area contributed by atoms with Crippen LogP contribution in [0.1, 0.15) is 18.4 Å². The molecule has 128 valence electrons. The number of amides is 2. The summed E-state index contributed by atoms with van der Waals surface area (Å²) in [5.41, 5.74) is 2.93. The lowest BCUT2D eigenvalue weighted by atomic mass is 9.99. The van der Waals surface area contributed by atoms with Crippen LogP contribution in [0, 0.1) is 0 Å². The van der Waals surface area contributed by atoms with Crippen molar-refractivity contribution >= 4 is 23.2 Å². The van der Waals surface area contributed by atoms with Crippen LogP contribution >= 0.6 is 0 Å². The molecule has 0 spiro atoms. The SMILES string of the molecule is COc1ccc(N2C(=O)CC(N3CCCc4ccccc43)C2=O)cc1. The lowest BCUT2D eigenvalue weighted by Crippen LogP contribution is -2.44. The summed E-state index contributed by atoms with van der Waals surface area (Å²) in [4.78, 5) is 29.0. The molecule has 0 aliphatic carbocycles. The summed E-state index contributed by atoms with van der Waals surface area (Å²) in [5, 5.41) is 0. The Morgan fingerprint density at radius 1 is 1.04 bits per heavy atom. The largest absolute Gasteiger partial charge is 0.497 e. The first kappa shape index (κ1) is 15.7. The summed E-state index contributed by atoms with van der Waals surface area (Å²) in [6.07, 6.45) is 2.24. The van der Waals surface area contributed by atoms with Gasteiger partial charge in [0.2, 0.25) is 5.91 Å². The molecule has 2 heterocycles. The number of imide groups is 1. The lowest BCUT2D eigenvalue weighted by molar-refractivity contribution is -0.121. The van der Waals surface area contributed by atoms with Crippen molar-refractivity contribution in [1.82, 2.24) is 0 Å². The molecule has 1 atom stereocenters. The third kappa shape index (κ3) is 2.65. The van der Waals surface area contributed by atoms with Gasteiger partial charge in [0.05, 0.1) is 19.2 Å². The standard InChI is InChI=1S/C20H20N2O3/c1-25-16-10-8-15(9-11-16)22-19(23)13-18(20(22)24)21-12-4-6-14-5-2-3-7-17(14)21/h2-3,5,7-11,18H,4,6,12-13H2,1H3. The van der Waals surface area contributed by atoms with Crippen LogP contribution in [0.5, 0.6) is 5.75 Å². The minimum absolute atomic E-state index is 0.146. The van der Waals surface area contributed by atoms with Crippen LogP contribution in [0.3, 0.4) is 0 Å². The predicted molar refractivity (Wildman–Crippen MR) is 96.0 cm³/mol. The second-order valence-corrected chi connectivity index (χ2v) is 6.41.